The van der Waals surface area contributed by atoms with Crippen molar-refractivity contribution in [3.63, 3.8) is 0 Å². The third-order valence-corrected chi connectivity index (χ3v) is 5.06. The van der Waals surface area contributed by atoms with Gasteiger partial charge >= 0.3 is 0 Å². The minimum atomic E-state index is -3.31. The Kier molecular flexibility index (Phi) is 5.48. The summed E-state index contributed by atoms with van der Waals surface area (Å²) in [6, 6.07) is 4.27. The number of hydrogen-bond acceptors (Lipinski definition) is 4. The summed E-state index contributed by atoms with van der Waals surface area (Å²) in [5.41, 5.74) is 1.85. The van der Waals surface area contributed by atoms with Gasteiger partial charge in [0, 0.05) is 18.7 Å². The number of benzene rings is 1. The van der Waals surface area contributed by atoms with Gasteiger partial charge in [0.25, 0.3) is 5.91 Å². The van der Waals surface area contributed by atoms with Gasteiger partial charge in [0.1, 0.15) is 6.04 Å². The first kappa shape index (κ1) is 18.3. The molecule has 0 unspecified atom stereocenters. The van der Waals surface area contributed by atoms with E-state index in [1.807, 2.05) is 6.92 Å². The molecule has 0 aliphatic carbocycles. The molecule has 2 N–H and O–H groups in total. The van der Waals surface area contributed by atoms with Crippen molar-refractivity contribution in [2.75, 3.05) is 23.7 Å². The van der Waals surface area contributed by atoms with E-state index >= 15 is 0 Å². The van der Waals surface area contributed by atoms with Crippen molar-refractivity contribution in [1.82, 2.24) is 10.6 Å². The number of fused-ring (bicyclic) bond motifs is 1. The van der Waals surface area contributed by atoms with Crippen molar-refractivity contribution in [2.24, 2.45) is 0 Å². The first-order valence-electron chi connectivity index (χ1n) is 7.93. The first-order chi connectivity index (χ1) is 11.2. The highest BCUT2D eigenvalue weighted by Crippen LogP contribution is 2.30. The molecule has 24 heavy (non-hydrogen) atoms. The first-order valence-corrected chi connectivity index (χ1v) is 9.78. The Morgan fingerprint density at radius 2 is 2.04 bits per heavy atom. The summed E-state index contributed by atoms with van der Waals surface area (Å²) in [5, 5.41) is 5.38. The molecule has 132 valence electrons. The normalized spacial score (nSPS) is 14.9. The molecule has 0 aromatic heterocycles. The molecule has 0 saturated carbocycles. The van der Waals surface area contributed by atoms with E-state index in [9.17, 15) is 18.0 Å². The van der Waals surface area contributed by atoms with Crippen LogP contribution in [0.15, 0.2) is 18.2 Å². The lowest BCUT2D eigenvalue weighted by Crippen LogP contribution is -2.45. The molecule has 0 bridgehead atoms. The number of nitrogens with zero attached hydrogens (tertiary/aromatic N) is 1. The van der Waals surface area contributed by atoms with Gasteiger partial charge < -0.3 is 10.6 Å². The van der Waals surface area contributed by atoms with Crippen LogP contribution < -0.4 is 14.9 Å². The molecule has 0 spiro atoms. The third kappa shape index (κ3) is 4.05. The summed E-state index contributed by atoms with van der Waals surface area (Å²) in [7, 11) is -3.31. The molecule has 1 aromatic carbocycles. The second-order valence-electron chi connectivity index (χ2n) is 5.91. The van der Waals surface area contributed by atoms with E-state index in [1.54, 1.807) is 25.1 Å². The zero-order chi connectivity index (χ0) is 17.9. The van der Waals surface area contributed by atoms with Crippen LogP contribution in [0, 0.1) is 0 Å². The van der Waals surface area contributed by atoms with Gasteiger partial charge in [-0.2, -0.15) is 0 Å². The monoisotopic (exact) mass is 353 g/mol. The van der Waals surface area contributed by atoms with E-state index < -0.39 is 16.1 Å². The molecule has 1 aromatic rings. The van der Waals surface area contributed by atoms with E-state index in [-0.39, 0.29) is 11.8 Å². The van der Waals surface area contributed by atoms with E-state index in [4.69, 9.17) is 0 Å². The molecule has 8 heteroatoms. The molecule has 7 nitrogen and oxygen atoms in total. The maximum atomic E-state index is 12.3. The van der Waals surface area contributed by atoms with Crippen molar-refractivity contribution in [3.05, 3.63) is 29.3 Å². The Balaban J connectivity index is 2.09. The van der Waals surface area contributed by atoms with Gasteiger partial charge in [-0.15, -0.1) is 0 Å². The molecule has 1 heterocycles. The molecule has 0 fully saturated rings. The molecule has 2 rings (SSSR count). The van der Waals surface area contributed by atoms with E-state index in [1.165, 1.54) is 10.6 Å². The number of rotatable bonds is 6. The second kappa shape index (κ2) is 7.21. The molecule has 1 atom stereocenters. The van der Waals surface area contributed by atoms with Gasteiger partial charge in [-0.25, -0.2) is 8.42 Å². The lowest BCUT2D eigenvalue weighted by molar-refractivity contribution is -0.122. The number of carbonyl (C=O) groups is 2. The fourth-order valence-corrected chi connectivity index (χ4v) is 3.56. The summed E-state index contributed by atoms with van der Waals surface area (Å²) in [5.74, 6) is -0.579. The molecule has 1 aliphatic heterocycles. The predicted molar refractivity (Wildman–Crippen MR) is 92.6 cm³/mol. The maximum absolute atomic E-state index is 12.3. The summed E-state index contributed by atoms with van der Waals surface area (Å²) >= 11 is 0. The van der Waals surface area contributed by atoms with Crippen LogP contribution in [-0.2, 0) is 21.2 Å². The highest BCUT2D eigenvalue weighted by atomic mass is 32.2. The van der Waals surface area contributed by atoms with Crippen LogP contribution in [-0.4, -0.2) is 45.6 Å². The average Bonchev–Trinajstić information content (AvgIpc) is 2.95. The SMILES string of the molecule is CCCNC(=O)[C@H](C)NC(=O)c1ccc2c(c1)CCN2S(C)(=O)=O. The molecular formula is C16H23N3O4S. The van der Waals surface area contributed by atoms with E-state index in [0.29, 0.717) is 30.8 Å². The van der Waals surface area contributed by atoms with Crippen molar-refractivity contribution < 1.29 is 18.0 Å². The molecule has 1 aliphatic rings. The highest BCUT2D eigenvalue weighted by Gasteiger charge is 2.27. The zero-order valence-corrected chi connectivity index (χ0v) is 14.9. The van der Waals surface area contributed by atoms with Crippen molar-refractivity contribution >= 4 is 27.5 Å². The fraction of sp³-hybridized carbons (Fsp3) is 0.500. The Bertz CT molecular complexity index is 746. The fourth-order valence-electron chi connectivity index (χ4n) is 2.60. The van der Waals surface area contributed by atoms with Crippen molar-refractivity contribution in [1.29, 1.82) is 0 Å². The number of sulfonamides is 1. The Morgan fingerprint density at radius 3 is 2.67 bits per heavy atom. The van der Waals surface area contributed by atoms with Crippen LogP contribution >= 0.6 is 0 Å². The van der Waals surface area contributed by atoms with Crippen LogP contribution in [0.3, 0.4) is 0 Å². The number of carbonyl (C=O) groups excluding carboxylic acids is 2. The topological polar surface area (TPSA) is 95.6 Å². The van der Waals surface area contributed by atoms with Crippen LogP contribution in [0.4, 0.5) is 5.69 Å². The standard InChI is InChI=1S/C16H23N3O4S/c1-4-8-17-15(20)11(2)18-16(21)13-5-6-14-12(10-13)7-9-19(14)24(3,22)23/h5-6,10-11H,4,7-9H2,1-3H3,(H,17,20)(H,18,21)/t11-/m0/s1. The summed E-state index contributed by atoms with van der Waals surface area (Å²) in [6.07, 6.45) is 2.56. The predicted octanol–water partition coefficient (Wildman–Crippen LogP) is 0.653. The van der Waals surface area contributed by atoms with E-state index in [0.717, 1.165) is 12.0 Å². The van der Waals surface area contributed by atoms with Gasteiger partial charge in [0.05, 0.1) is 11.9 Å². The Labute approximate surface area is 142 Å². The Hall–Kier alpha value is -2.09. The maximum Gasteiger partial charge on any atom is 0.251 e. The molecular weight excluding hydrogens is 330 g/mol. The highest BCUT2D eigenvalue weighted by molar-refractivity contribution is 7.92. The van der Waals surface area contributed by atoms with Crippen LogP contribution in [0.5, 0.6) is 0 Å². The van der Waals surface area contributed by atoms with Crippen LogP contribution in [0.2, 0.25) is 0 Å². The minimum absolute atomic E-state index is 0.227. The quantitative estimate of drug-likeness (QED) is 0.785. The number of amides is 2. The molecule has 2 amide bonds. The van der Waals surface area contributed by atoms with Crippen LogP contribution in [0.25, 0.3) is 0 Å². The second-order valence-corrected chi connectivity index (χ2v) is 7.82. The smallest absolute Gasteiger partial charge is 0.251 e. The Morgan fingerprint density at radius 1 is 1.33 bits per heavy atom. The minimum Gasteiger partial charge on any atom is -0.354 e. The average molecular weight is 353 g/mol. The molecule has 0 radical (unpaired) electrons. The number of anilines is 1. The van der Waals surface area contributed by atoms with Gasteiger partial charge in [0.2, 0.25) is 15.9 Å². The van der Waals surface area contributed by atoms with Gasteiger partial charge in [0.15, 0.2) is 0 Å². The lowest BCUT2D eigenvalue weighted by Gasteiger charge is -2.17. The molecule has 0 saturated heterocycles. The van der Waals surface area contributed by atoms with E-state index in [2.05, 4.69) is 10.6 Å². The summed E-state index contributed by atoms with van der Waals surface area (Å²) in [4.78, 5) is 24.1. The third-order valence-electron chi connectivity index (χ3n) is 3.89. The van der Waals surface area contributed by atoms with Gasteiger partial charge in [-0.05, 0) is 43.5 Å². The number of nitrogens with one attached hydrogen (secondary N) is 2. The van der Waals surface area contributed by atoms with Gasteiger partial charge in [-0.3, -0.25) is 13.9 Å². The van der Waals surface area contributed by atoms with Crippen molar-refractivity contribution in [2.45, 2.75) is 32.7 Å². The lowest BCUT2D eigenvalue weighted by atomic mass is 10.1. The van der Waals surface area contributed by atoms with Crippen LogP contribution in [0.1, 0.15) is 36.2 Å². The summed E-state index contributed by atoms with van der Waals surface area (Å²) < 4.78 is 24.8. The number of hydrogen-bond donors (Lipinski definition) is 2. The largest absolute Gasteiger partial charge is 0.354 e. The van der Waals surface area contributed by atoms with Crippen molar-refractivity contribution in [3.8, 4) is 0 Å². The summed E-state index contributed by atoms with van der Waals surface area (Å²) in [6.45, 7) is 4.53. The van der Waals surface area contributed by atoms with Gasteiger partial charge in [-0.1, -0.05) is 6.92 Å². The zero-order valence-electron chi connectivity index (χ0n) is 14.1.